The molecule has 0 unspecified atom stereocenters. The van der Waals surface area contributed by atoms with Gasteiger partial charge in [-0.05, 0) is 37.2 Å². The fourth-order valence-corrected chi connectivity index (χ4v) is 2.87. The average Bonchev–Trinajstić information content (AvgIpc) is 3.33. The Morgan fingerprint density at radius 1 is 1.38 bits per heavy atom. The predicted octanol–water partition coefficient (Wildman–Crippen LogP) is 3.06. The zero-order valence-electron chi connectivity index (χ0n) is 13.6. The van der Waals surface area contributed by atoms with Crippen LogP contribution in [-0.2, 0) is 6.42 Å². The standard InChI is InChI=1S/C18H21NO5/c1-2-3-4-11-7-14(21)19-17-15(11)12(20)8-13(16(17)18(22)23)24-9-10-5-6-10/h7-8,10,20H,2-6,9H2,1H3,(H,19,21)(H,22,23). The molecule has 0 spiro atoms. The number of aromatic nitrogens is 1. The van der Waals surface area contributed by atoms with Gasteiger partial charge in [0.15, 0.2) is 0 Å². The highest BCUT2D eigenvalue weighted by atomic mass is 16.5. The van der Waals surface area contributed by atoms with E-state index in [0.717, 1.165) is 25.7 Å². The lowest BCUT2D eigenvalue weighted by molar-refractivity contribution is 0.0694. The van der Waals surface area contributed by atoms with Crippen LogP contribution in [0.15, 0.2) is 16.9 Å². The first-order chi connectivity index (χ1) is 11.5. The third kappa shape index (κ3) is 3.22. The molecule has 24 heavy (non-hydrogen) atoms. The molecule has 0 radical (unpaired) electrons. The number of ether oxygens (including phenoxy) is 1. The number of hydrogen-bond acceptors (Lipinski definition) is 4. The molecule has 0 bridgehead atoms. The van der Waals surface area contributed by atoms with Gasteiger partial charge in [0.2, 0.25) is 5.56 Å². The van der Waals surface area contributed by atoms with Crippen molar-refractivity contribution in [2.45, 2.75) is 39.0 Å². The molecule has 0 atom stereocenters. The van der Waals surface area contributed by atoms with E-state index in [-0.39, 0.29) is 28.1 Å². The van der Waals surface area contributed by atoms with Crippen molar-refractivity contribution in [2.24, 2.45) is 5.92 Å². The van der Waals surface area contributed by atoms with Gasteiger partial charge in [0.1, 0.15) is 17.1 Å². The number of unbranched alkanes of at least 4 members (excludes halogenated alkanes) is 1. The third-order valence-electron chi connectivity index (χ3n) is 4.33. The van der Waals surface area contributed by atoms with Gasteiger partial charge >= 0.3 is 5.97 Å². The smallest absolute Gasteiger partial charge is 0.341 e. The van der Waals surface area contributed by atoms with Crippen LogP contribution in [0.1, 0.15) is 48.5 Å². The number of fused-ring (bicyclic) bond motifs is 1. The maximum Gasteiger partial charge on any atom is 0.341 e. The number of phenols is 1. The summed E-state index contributed by atoms with van der Waals surface area (Å²) >= 11 is 0. The van der Waals surface area contributed by atoms with E-state index in [1.807, 2.05) is 6.92 Å². The minimum absolute atomic E-state index is 0.0665. The summed E-state index contributed by atoms with van der Waals surface area (Å²) in [5, 5.41) is 20.4. The second kappa shape index (κ2) is 6.55. The topological polar surface area (TPSA) is 99.6 Å². The highest BCUT2D eigenvalue weighted by molar-refractivity contribution is 6.07. The molecule has 6 heteroatoms. The van der Waals surface area contributed by atoms with Gasteiger partial charge in [0.05, 0.1) is 12.1 Å². The third-order valence-corrected chi connectivity index (χ3v) is 4.33. The van der Waals surface area contributed by atoms with Crippen LogP contribution in [0.4, 0.5) is 0 Å². The van der Waals surface area contributed by atoms with Crippen molar-refractivity contribution in [3.8, 4) is 11.5 Å². The summed E-state index contributed by atoms with van der Waals surface area (Å²) in [6.45, 7) is 2.45. The first-order valence-electron chi connectivity index (χ1n) is 8.29. The molecule has 0 saturated heterocycles. The first kappa shape index (κ1) is 16.4. The van der Waals surface area contributed by atoms with Gasteiger partial charge in [0, 0.05) is 17.5 Å². The minimum atomic E-state index is -1.19. The highest BCUT2D eigenvalue weighted by Crippen LogP contribution is 2.37. The van der Waals surface area contributed by atoms with E-state index in [0.29, 0.717) is 29.9 Å². The van der Waals surface area contributed by atoms with Gasteiger partial charge in [-0.3, -0.25) is 4.79 Å². The van der Waals surface area contributed by atoms with Crippen LogP contribution in [0.3, 0.4) is 0 Å². The molecule has 3 N–H and O–H groups in total. The van der Waals surface area contributed by atoms with Crippen molar-refractivity contribution in [2.75, 3.05) is 6.61 Å². The summed E-state index contributed by atoms with van der Waals surface area (Å²) in [6.07, 6.45) is 4.52. The molecule has 1 aromatic heterocycles. The molecule has 1 aliphatic rings. The van der Waals surface area contributed by atoms with Crippen LogP contribution in [0.5, 0.6) is 11.5 Å². The van der Waals surface area contributed by atoms with Crippen LogP contribution in [0.2, 0.25) is 0 Å². The summed E-state index contributed by atoms with van der Waals surface area (Å²) in [7, 11) is 0. The number of aromatic amines is 1. The fraction of sp³-hybridized carbons (Fsp3) is 0.444. The summed E-state index contributed by atoms with van der Waals surface area (Å²) in [6, 6.07) is 2.77. The van der Waals surface area contributed by atoms with E-state index in [4.69, 9.17) is 4.74 Å². The number of carboxylic acid groups (broad SMARTS) is 1. The maximum atomic E-state index is 12.0. The lowest BCUT2D eigenvalue weighted by Gasteiger charge is -2.14. The highest BCUT2D eigenvalue weighted by Gasteiger charge is 2.25. The van der Waals surface area contributed by atoms with Crippen LogP contribution in [-0.4, -0.2) is 27.8 Å². The van der Waals surface area contributed by atoms with Gasteiger partial charge in [0.25, 0.3) is 0 Å². The lowest BCUT2D eigenvalue weighted by atomic mass is 9.99. The monoisotopic (exact) mass is 331 g/mol. The molecule has 6 nitrogen and oxygen atoms in total. The maximum absolute atomic E-state index is 12.0. The number of phenolic OH excluding ortho intramolecular Hbond substituents is 1. The molecule has 1 heterocycles. The Labute approximate surface area is 139 Å². The first-order valence-corrected chi connectivity index (χ1v) is 8.29. The zero-order chi connectivity index (χ0) is 17.3. The van der Waals surface area contributed by atoms with E-state index < -0.39 is 5.97 Å². The molecule has 1 aliphatic carbocycles. The lowest BCUT2D eigenvalue weighted by Crippen LogP contribution is -2.12. The number of nitrogens with one attached hydrogen (secondary N) is 1. The van der Waals surface area contributed by atoms with Crippen molar-refractivity contribution in [3.05, 3.63) is 33.6 Å². The Bertz CT molecular complexity index is 835. The molecule has 0 amide bonds. The van der Waals surface area contributed by atoms with Gasteiger partial charge in [-0.2, -0.15) is 0 Å². The van der Waals surface area contributed by atoms with Crippen LogP contribution >= 0.6 is 0 Å². The van der Waals surface area contributed by atoms with E-state index in [9.17, 15) is 19.8 Å². The summed E-state index contributed by atoms with van der Waals surface area (Å²) in [5.74, 6) is -0.709. The Morgan fingerprint density at radius 2 is 2.12 bits per heavy atom. The van der Waals surface area contributed by atoms with Gasteiger partial charge in [-0.1, -0.05) is 13.3 Å². The Hall–Kier alpha value is -2.50. The van der Waals surface area contributed by atoms with E-state index in [2.05, 4.69) is 4.98 Å². The SMILES string of the molecule is CCCCc1cc(=O)[nH]c2c(C(=O)O)c(OCC3CC3)cc(O)c12. The molecule has 1 saturated carbocycles. The Balaban J connectivity index is 2.18. The van der Waals surface area contributed by atoms with Gasteiger partial charge in [-0.15, -0.1) is 0 Å². The second-order valence-electron chi connectivity index (χ2n) is 6.34. The van der Waals surface area contributed by atoms with Crippen molar-refractivity contribution < 1.29 is 19.7 Å². The molecule has 0 aliphatic heterocycles. The molecule has 1 aromatic carbocycles. The number of aromatic carboxylic acids is 1. The number of aryl methyl sites for hydroxylation is 1. The van der Waals surface area contributed by atoms with Crippen molar-refractivity contribution >= 4 is 16.9 Å². The number of benzene rings is 1. The quantitative estimate of drug-likeness (QED) is 0.724. The number of carboxylic acids is 1. The Kier molecular flexibility index (Phi) is 4.46. The van der Waals surface area contributed by atoms with Crippen LogP contribution in [0, 0.1) is 5.92 Å². The summed E-state index contributed by atoms with van der Waals surface area (Å²) in [5.41, 5.74) is 0.310. The molecular formula is C18H21NO5. The molecule has 1 fully saturated rings. The van der Waals surface area contributed by atoms with E-state index in [1.165, 1.54) is 12.1 Å². The van der Waals surface area contributed by atoms with E-state index >= 15 is 0 Å². The predicted molar refractivity (Wildman–Crippen MR) is 90.0 cm³/mol. The minimum Gasteiger partial charge on any atom is -0.507 e. The molecule has 3 rings (SSSR count). The van der Waals surface area contributed by atoms with E-state index in [1.54, 1.807) is 0 Å². The normalized spacial score (nSPS) is 14.0. The number of aromatic hydroxyl groups is 1. The number of pyridine rings is 1. The molecular weight excluding hydrogens is 310 g/mol. The number of H-pyrrole nitrogens is 1. The van der Waals surface area contributed by atoms with Crippen molar-refractivity contribution in [1.29, 1.82) is 0 Å². The molecule has 128 valence electrons. The largest absolute Gasteiger partial charge is 0.507 e. The van der Waals surface area contributed by atoms with Crippen LogP contribution in [0.25, 0.3) is 10.9 Å². The number of carbonyl (C=O) groups is 1. The zero-order valence-corrected chi connectivity index (χ0v) is 13.6. The number of rotatable bonds is 7. The summed E-state index contributed by atoms with van der Waals surface area (Å²) in [4.78, 5) is 26.3. The Morgan fingerprint density at radius 3 is 2.75 bits per heavy atom. The van der Waals surface area contributed by atoms with Crippen molar-refractivity contribution in [3.63, 3.8) is 0 Å². The van der Waals surface area contributed by atoms with Crippen molar-refractivity contribution in [1.82, 2.24) is 4.98 Å². The average molecular weight is 331 g/mol. The number of hydrogen-bond donors (Lipinski definition) is 3. The van der Waals surface area contributed by atoms with Gasteiger partial charge in [-0.25, -0.2) is 4.79 Å². The second-order valence-corrected chi connectivity index (χ2v) is 6.34. The summed E-state index contributed by atoms with van der Waals surface area (Å²) < 4.78 is 5.61. The van der Waals surface area contributed by atoms with Gasteiger partial charge < -0.3 is 19.9 Å². The van der Waals surface area contributed by atoms with Crippen LogP contribution < -0.4 is 10.3 Å². The molecule has 2 aromatic rings. The fourth-order valence-electron chi connectivity index (χ4n) is 2.87.